The maximum absolute atomic E-state index is 14.0. The van der Waals surface area contributed by atoms with Crippen LogP contribution >= 0.6 is 11.8 Å². The summed E-state index contributed by atoms with van der Waals surface area (Å²) in [6.07, 6.45) is 0. The maximum atomic E-state index is 14.0. The number of hydrogen-bond donors (Lipinski definition) is 0. The highest BCUT2D eigenvalue weighted by Crippen LogP contribution is 2.25. The predicted octanol–water partition coefficient (Wildman–Crippen LogP) is 3.64. The molecule has 146 valence electrons. The van der Waals surface area contributed by atoms with Gasteiger partial charge in [-0.1, -0.05) is 36.0 Å². The van der Waals surface area contributed by atoms with Gasteiger partial charge in [-0.05, 0) is 31.2 Å². The average Bonchev–Trinajstić information content (AvgIpc) is 3.10. The van der Waals surface area contributed by atoms with Gasteiger partial charge in [-0.25, -0.2) is 9.37 Å². The predicted molar refractivity (Wildman–Crippen MR) is 111 cm³/mol. The van der Waals surface area contributed by atoms with Gasteiger partial charge < -0.3 is 14.4 Å². The molecule has 1 aliphatic heterocycles. The molecule has 0 bridgehead atoms. The second kappa shape index (κ2) is 8.22. The van der Waals surface area contributed by atoms with Crippen LogP contribution in [0.5, 0.6) is 0 Å². The number of thioether (sulfide) groups is 1. The zero-order valence-corrected chi connectivity index (χ0v) is 16.7. The number of benzene rings is 2. The van der Waals surface area contributed by atoms with Crippen LogP contribution in [-0.4, -0.2) is 52.3 Å². The van der Waals surface area contributed by atoms with Crippen LogP contribution in [-0.2, 0) is 11.3 Å². The van der Waals surface area contributed by atoms with Gasteiger partial charge >= 0.3 is 0 Å². The van der Waals surface area contributed by atoms with Crippen LogP contribution in [0.4, 0.5) is 10.1 Å². The molecule has 0 atom stereocenters. The highest BCUT2D eigenvalue weighted by Gasteiger charge is 2.23. The second-order valence-corrected chi connectivity index (χ2v) is 7.68. The van der Waals surface area contributed by atoms with Crippen molar-refractivity contribution in [1.29, 1.82) is 0 Å². The molecule has 0 N–H and O–H groups in total. The van der Waals surface area contributed by atoms with E-state index in [0.29, 0.717) is 37.6 Å². The molecule has 3 aromatic rings. The fraction of sp³-hybridized carbons (Fsp3) is 0.333. The Balaban J connectivity index is 1.36. The van der Waals surface area contributed by atoms with Crippen LogP contribution in [0.2, 0.25) is 0 Å². The molecule has 7 heteroatoms. The number of nitrogens with zero attached hydrogens (tertiary/aromatic N) is 4. The minimum absolute atomic E-state index is 0.105. The largest absolute Gasteiger partial charge is 0.366 e. The molecule has 0 unspecified atom stereocenters. The van der Waals surface area contributed by atoms with Crippen molar-refractivity contribution in [2.24, 2.45) is 0 Å². The zero-order valence-electron chi connectivity index (χ0n) is 15.8. The van der Waals surface area contributed by atoms with E-state index in [1.54, 1.807) is 12.1 Å². The van der Waals surface area contributed by atoms with Crippen LogP contribution in [0.25, 0.3) is 11.0 Å². The highest BCUT2D eigenvalue weighted by molar-refractivity contribution is 7.99. The van der Waals surface area contributed by atoms with E-state index < -0.39 is 0 Å². The number of carbonyl (C=O) groups is 1. The van der Waals surface area contributed by atoms with E-state index in [1.807, 2.05) is 34.1 Å². The Morgan fingerprint density at radius 3 is 2.54 bits per heavy atom. The van der Waals surface area contributed by atoms with Crippen molar-refractivity contribution in [3.8, 4) is 0 Å². The van der Waals surface area contributed by atoms with Crippen molar-refractivity contribution in [2.75, 3.05) is 36.8 Å². The van der Waals surface area contributed by atoms with Gasteiger partial charge in [-0.3, -0.25) is 4.79 Å². The Hall–Kier alpha value is -2.54. The summed E-state index contributed by atoms with van der Waals surface area (Å²) in [7, 11) is 0. The molecule has 4 rings (SSSR count). The Morgan fingerprint density at radius 1 is 1.07 bits per heavy atom. The molecule has 0 radical (unpaired) electrons. The first-order valence-corrected chi connectivity index (χ1v) is 10.5. The monoisotopic (exact) mass is 398 g/mol. The van der Waals surface area contributed by atoms with Crippen LogP contribution < -0.4 is 4.90 Å². The number of piperazine rings is 1. The lowest BCUT2D eigenvalue weighted by Crippen LogP contribution is -2.49. The van der Waals surface area contributed by atoms with Crippen molar-refractivity contribution in [1.82, 2.24) is 14.5 Å². The number of amides is 1. The minimum Gasteiger partial charge on any atom is -0.366 e. The second-order valence-electron chi connectivity index (χ2n) is 6.74. The Morgan fingerprint density at radius 2 is 1.79 bits per heavy atom. The summed E-state index contributed by atoms with van der Waals surface area (Å²) in [6.45, 7) is 5.41. The van der Waals surface area contributed by atoms with Gasteiger partial charge in [-0.2, -0.15) is 0 Å². The number of aryl methyl sites for hydroxylation is 1. The number of anilines is 1. The summed E-state index contributed by atoms with van der Waals surface area (Å²) < 4.78 is 16.1. The first-order chi connectivity index (χ1) is 13.7. The van der Waals surface area contributed by atoms with Crippen molar-refractivity contribution in [3.05, 3.63) is 54.3 Å². The number of halogens is 1. The third-order valence-electron chi connectivity index (χ3n) is 5.09. The molecular weight excluding hydrogens is 375 g/mol. The first kappa shape index (κ1) is 18.8. The highest BCUT2D eigenvalue weighted by atomic mass is 32.2. The van der Waals surface area contributed by atoms with Crippen molar-refractivity contribution in [3.63, 3.8) is 0 Å². The van der Waals surface area contributed by atoms with E-state index in [-0.39, 0.29) is 11.7 Å². The number of imidazole rings is 1. The quantitative estimate of drug-likeness (QED) is 0.616. The molecule has 0 aliphatic carbocycles. The zero-order chi connectivity index (χ0) is 19.5. The molecule has 1 aromatic heterocycles. The van der Waals surface area contributed by atoms with Crippen LogP contribution in [0.1, 0.15) is 6.92 Å². The molecule has 1 saturated heterocycles. The SMILES string of the molecule is CCn1c(SCC(=O)N2CCN(c3ccccc3F)CC2)nc2ccccc21. The van der Waals surface area contributed by atoms with Crippen molar-refractivity contribution in [2.45, 2.75) is 18.6 Å². The molecule has 5 nitrogen and oxygen atoms in total. The third-order valence-corrected chi connectivity index (χ3v) is 6.05. The number of para-hydroxylation sites is 3. The normalized spacial score (nSPS) is 14.6. The molecule has 2 aromatic carbocycles. The lowest BCUT2D eigenvalue weighted by Gasteiger charge is -2.36. The lowest BCUT2D eigenvalue weighted by molar-refractivity contribution is -0.128. The molecule has 0 spiro atoms. The van der Waals surface area contributed by atoms with Crippen LogP contribution in [0.3, 0.4) is 0 Å². The van der Waals surface area contributed by atoms with Gasteiger partial charge in [0, 0.05) is 32.7 Å². The summed E-state index contributed by atoms with van der Waals surface area (Å²) in [5, 5.41) is 0.877. The number of rotatable bonds is 5. The lowest BCUT2D eigenvalue weighted by atomic mass is 10.2. The van der Waals surface area contributed by atoms with Gasteiger partial charge in [0.1, 0.15) is 5.82 Å². The van der Waals surface area contributed by atoms with Gasteiger partial charge in [0.15, 0.2) is 5.16 Å². The fourth-order valence-electron chi connectivity index (χ4n) is 3.59. The van der Waals surface area contributed by atoms with E-state index >= 15 is 0 Å². The number of aromatic nitrogens is 2. The van der Waals surface area contributed by atoms with Crippen LogP contribution in [0, 0.1) is 5.82 Å². The summed E-state index contributed by atoms with van der Waals surface area (Å²) in [6, 6.07) is 14.8. The van der Waals surface area contributed by atoms with E-state index in [4.69, 9.17) is 0 Å². The fourth-order valence-corrected chi connectivity index (χ4v) is 4.57. The molecule has 0 saturated carbocycles. The van der Waals surface area contributed by atoms with E-state index in [1.165, 1.54) is 17.8 Å². The van der Waals surface area contributed by atoms with Crippen molar-refractivity contribution < 1.29 is 9.18 Å². The van der Waals surface area contributed by atoms with Gasteiger partial charge in [0.2, 0.25) is 5.91 Å². The number of fused-ring (bicyclic) bond motifs is 1. The molecule has 1 amide bonds. The molecule has 1 fully saturated rings. The maximum Gasteiger partial charge on any atom is 0.233 e. The van der Waals surface area contributed by atoms with Crippen LogP contribution in [0.15, 0.2) is 53.7 Å². The van der Waals surface area contributed by atoms with Gasteiger partial charge in [0.25, 0.3) is 0 Å². The average molecular weight is 399 g/mol. The Labute approximate surface area is 168 Å². The molecule has 2 heterocycles. The molecular formula is C21H23FN4OS. The van der Waals surface area contributed by atoms with E-state index in [9.17, 15) is 9.18 Å². The Kier molecular flexibility index (Phi) is 5.52. The van der Waals surface area contributed by atoms with Crippen molar-refractivity contribution >= 4 is 34.4 Å². The molecule has 28 heavy (non-hydrogen) atoms. The molecule has 1 aliphatic rings. The Bertz CT molecular complexity index is 981. The summed E-state index contributed by atoms with van der Waals surface area (Å²) >= 11 is 1.49. The van der Waals surface area contributed by atoms with E-state index in [2.05, 4.69) is 22.5 Å². The smallest absolute Gasteiger partial charge is 0.233 e. The first-order valence-electron chi connectivity index (χ1n) is 9.52. The summed E-state index contributed by atoms with van der Waals surface area (Å²) in [4.78, 5) is 21.2. The standard InChI is InChI=1S/C21H23FN4OS/c1-2-26-19-10-6-4-8-17(19)23-21(26)28-15-20(27)25-13-11-24(12-14-25)18-9-5-3-7-16(18)22/h3-10H,2,11-15H2,1H3. The third kappa shape index (κ3) is 3.71. The summed E-state index contributed by atoms with van der Waals surface area (Å²) in [5.41, 5.74) is 2.66. The number of hydrogen-bond acceptors (Lipinski definition) is 4. The number of carbonyl (C=O) groups excluding carboxylic acids is 1. The van der Waals surface area contributed by atoms with Gasteiger partial charge in [-0.15, -0.1) is 0 Å². The topological polar surface area (TPSA) is 41.4 Å². The van der Waals surface area contributed by atoms with Gasteiger partial charge in [0.05, 0.1) is 22.5 Å². The minimum atomic E-state index is -0.212. The van der Waals surface area contributed by atoms with E-state index in [0.717, 1.165) is 22.7 Å². The summed E-state index contributed by atoms with van der Waals surface area (Å²) in [5.74, 6) is 0.257.